The Hall–Kier alpha value is -2.58. The number of rotatable bonds is 3. The number of nitriles is 1. The van der Waals surface area contributed by atoms with Crippen LogP contribution >= 0.6 is 11.6 Å². The summed E-state index contributed by atoms with van der Waals surface area (Å²) in [6.07, 6.45) is 0. The quantitative estimate of drug-likeness (QED) is 0.652. The van der Waals surface area contributed by atoms with E-state index >= 15 is 0 Å². The van der Waals surface area contributed by atoms with Gasteiger partial charge in [-0.1, -0.05) is 11.6 Å². The molecule has 0 amide bonds. The fourth-order valence-corrected chi connectivity index (χ4v) is 1.83. The largest absolute Gasteiger partial charge is 0.504 e. The highest BCUT2D eigenvalue weighted by atomic mass is 35.5. The first-order valence-electron chi connectivity index (χ1n) is 5.69. The van der Waals surface area contributed by atoms with Gasteiger partial charge in [-0.05, 0) is 30.3 Å². The zero-order valence-corrected chi connectivity index (χ0v) is 11.0. The highest BCUT2D eigenvalue weighted by Gasteiger charge is 2.10. The van der Waals surface area contributed by atoms with Crippen LogP contribution in [0.25, 0.3) is 0 Å². The molecule has 0 saturated carbocycles. The molecule has 20 heavy (non-hydrogen) atoms. The Balaban J connectivity index is 2.17. The summed E-state index contributed by atoms with van der Waals surface area (Å²) in [4.78, 5) is 0. The molecule has 2 aromatic carbocycles. The first-order chi connectivity index (χ1) is 9.52. The van der Waals surface area contributed by atoms with Crippen molar-refractivity contribution in [3.05, 3.63) is 46.5 Å². The topological polar surface area (TPSA) is 96.5 Å². The van der Waals surface area contributed by atoms with E-state index in [0.717, 1.165) is 0 Å². The molecule has 6 heteroatoms. The first kappa shape index (κ1) is 13.8. The van der Waals surface area contributed by atoms with Crippen LogP contribution < -0.4 is 5.32 Å². The van der Waals surface area contributed by atoms with Gasteiger partial charge in [-0.25, -0.2) is 0 Å². The highest BCUT2D eigenvalue weighted by molar-refractivity contribution is 6.31. The van der Waals surface area contributed by atoms with Gasteiger partial charge in [0.1, 0.15) is 6.07 Å². The van der Waals surface area contributed by atoms with Crippen molar-refractivity contribution in [3.8, 4) is 23.3 Å². The minimum absolute atomic E-state index is 0.214. The van der Waals surface area contributed by atoms with Crippen molar-refractivity contribution in [1.29, 1.82) is 5.26 Å². The fraction of sp³-hybridized carbons (Fsp3) is 0.0714. The molecule has 0 aromatic heterocycles. The number of nitrogens with one attached hydrogen (secondary N) is 1. The minimum Gasteiger partial charge on any atom is -0.504 e. The van der Waals surface area contributed by atoms with Gasteiger partial charge in [-0.3, -0.25) is 0 Å². The van der Waals surface area contributed by atoms with Gasteiger partial charge in [0.25, 0.3) is 0 Å². The number of aromatic hydroxyl groups is 3. The zero-order chi connectivity index (χ0) is 14.7. The van der Waals surface area contributed by atoms with E-state index in [9.17, 15) is 15.3 Å². The van der Waals surface area contributed by atoms with E-state index in [-0.39, 0.29) is 18.0 Å². The van der Waals surface area contributed by atoms with E-state index in [1.165, 1.54) is 12.1 Å². The number of hydrogen-bond acceptors (Lipinski definition) is 5. The molecule has 0 heterocycles. The Labute approximate surface area is 120 Å². The number of nitrogens with zero attached hydrogens (tertiary/aromatic N) is 1. The summed E-state index contributed by atoms with van der Waals surface area (Å²) in [6, 6.07) is 9.61. The van der Waals surface area contributed by atoms with E-state index in [1.807, 2.05) is 6.07 Å². The zero-order valence-electron chi connectivity index (χ0n) is 10.3. The molecule has 0 bridgehead atoms. The van der Waals surface area contributed by atoms with Crippen LogP contribution in [0.3, 0.4) is 0 Å². The van der Waals surface area contributed by atoms with Crippen LogP contribution in [0, 0.1) is 11.3 Å². The Morgan fingerprint density at radius 3 is 2.55 bits per heavy atom. The average molecular weight is 291 g/mol. The standard InChI is InChI=1S/C14H11ClN2O3/c15-11-3-2-10(5-9(11)6-16)17-7-8-1-4-12(18)14(20)13(8)19/h1-5,17-20H,7H2. The normalized spacial score (nSPS) is 10.0. The lowest BCUT2D eigenvalue weighted by Crippen LogP contribution is -2.00. The van der Waals surface area contributed by atoms with Crippen molar-refractivity contribution < 1.29 is 15.3 Å². The van der Waals surface area contributed by atoms with Gasteiger partial charge in [0, 0.05) is 17.8 Å². The smallest absolute Gasteiger partial charge is 0.200 e. The molecule has 0 aliphatic heterocycles. The van der Waals surface area contributed by atoms with Crippen molar-refractivity contribution in [1.82, 2.24) is 0 Å². The summed E-state index contributed by atoms with van der Waals surface area (Å²) in [5, 5.41) is 40.5. The van der Waals surface area contributed by atoms with Crippen LogP contribution in [0.15, 0.2) is 30.3 Å². The predicted octanol–water partition coefficient (Wildman–Crippen LogP) is 2.94. The van der Waals surface area contributed by atoms with Crippen molar-refractivity contribution in [2.24, 2.45) is 0 Å². The monoisotopic (exact) mass is 290 g/mol. The third-order valence-corrected chi connectivity index (χ3v) is 3.11. The predicted molar refractivity (Wildman–Crippen MR) is 74.9 cm³/mol. The minimum atomic E-state index is -0.557. The molecule has 2 aromatic rings. The lowest BCUT2D eigenvalue weighted by molar-refractivity contribution is 0.365. The molecular weight excluding hydrogens is 280 g/mol. The van der Waals surface area contributed by atoms with Crippen molar-refractivity contribution in [2.45, 2.75) is 6.54 Å². The summed E-state index contributed by atoms with van der Waals surface area (Å²) in [6.45, 7) is 0.214. The molecule has 5 nitrogen and oxygen atoms in total. The third kappa shape index (κ3) is 2.71. The van der Waals surface area contributed by atoms with E-state index in [1.54, 1.807) is 18.2 Å². The number of phenolic OH excluding ortho intramolecular Hbond substituents is 3. The van der Waals surface area contributed by atoms with Crippen LogP contribution in [0.1, 0.15) is 11.1 Å². The van der Waals surface area contributed by atoms with Gasteiger partial charge in [-0.2, -0.15) is 5.26 Å². The van der Waals surface area contributed by atoms with E-state index in [0.29, 0.717) is 21.8 Å². The molecule has 0 saturated heterocycles. The number of phenols is 3. The molecule has 2 rings (SSSR count). The average Bonchev–Trinajstić information content (AvgIpc) is 2.45. The molecule has 0 spiro atoms. The Kier molecular flexibility index (Phi) is 3.87. The second-order valence-corrected chi connectivity index (χ2v) is 4.51. The maximum atomic E-state index is 9.68. The number of hydrogen-bond donors (Lipinski definition) is 4. The molecule has 0 radical (unpaired) electrons. The second kappa shape index (κ2) is 5.59. The van der Waals surface area contributed by atoms with Crippen LogP contribution in [-0.4, -0.2) is 15.3 Å². The Bertz CT molecular complexity index is 696. The van der Waals surface area contributed by atoms with Crippen molar-refractivity contribution >= 4 is 17.3 Å². The molecule has 0 aliphatic carbocycles. The number of halogens is 1. The van der Waals surface area contributed by atoms with Gasteiger partial charge in [-0.15, -0.1) is 0 Å². The fourth-order valence-electron chi connectivity index (χ4n) is 1.67. The van der Waals surface area contributed by atoms with Crippen LogP contribution in [0.2, 0.25) is 5.02 Å². The van der Waals surface area contributed by atoms with Gasteiger partial charge < -0.3 is 20.6 Å². The summed E-state index contributed by atoms with van der Waals surface area (Å²) in [7, 11) is 0. The molecule has 0 aliphatic rings. The van der Waals surface area contributed by atoms with Crippen LogP contribution in [-0.2, 0) is 6.54 Å². The maximum Gasteiger partial charge on any atom is 0.200 e. The maximum absolute atomic E-state index is 9.68. The molecular formula is C14H11ClN2O3. The van der Waals surface area contributed by atoms with Gasteiger partial charge in [0.2, 0.25) is 5.75 Å². The molecule has 102 valence electrons. The Morgan fingerprint density at radius 1 is 1.10 bits per heavy atom. The molecule has 0 unspecified atom stereocenters. The van der Waals surface area contributed by atoms with E-state index in [2.05, 4.69) is 5.32 Å². The van der Waals surface area contributed by atoms with E-state index < -0.39 is 5.75 Å². The summed E-state index contributed by atoms with van der Waals surface area (Å²) in [5.74, 6) is -1.32. The van der Waals surface area contributed by atoms with Crippen molar-refractivity contribution in [3.63, 3.8) is 0 Å². The molecule has 0 fully saturated rings. The summed E-state index contributed by atoms with van der Waals surface area (Å²) in [5.41, 5.74) is 1.40. The van der Waals surface area contributed by atoms with Gasteiger partial charge >= 0.3 is 0 Å². The summed E-state index contributed by atoms with van der Waals surface area (Å²) < 4.78 is 0. The molecule has 0 atom stereocenters. The van der Waals surface area contributed by atoms with Crippen molar-refractivity contribution in [2.75, 3.05) is 5.32 Å². The van der Waals surface area contributed by atoms with Gasteiger partial charge in [0.15, 0.2) is 11.5 Å². The number of benzene rings is 2. The first-order valence-corrected chi connectivity index (χ1v) is 6.07. The highest BCUT2D eigenvalue weighted by Crippen LogP contribution is 2.37. The lowest BCUT2D eigenvalue weighted by atomic mass is 10.1. The summed E-state index contributed by atoms with van der Waals surface area (Å²) >= 11 is 5.83. The molecule has 4 N–H and O–H groups in total. The number of anilines is 1. The third-order valence-electron chi connectivity index (χ3n) is 2.78. The lowest BCUT2D eigenvalue weighted by Gasteiger charge is -2.10. The Morgan fingerprint density at radius 2 is 1.85 bits per heavy atom. The van der Waals surface area contributed by atoms with Gasteiger partial charge in [0.05, 0.1) is 10.6 Å². The van der Waals surface area contributed by atoms with E-state index in [4.69, 9.17) is 16.9 Å². The second-order valence-electron chi connectivity index (χ2n) is 4.10. The SMILES string of the molecule is N#Cc1cc(NCc2ccc(O)c(O)c2O)ccc1Cl. The van der Waals surface area contributed by atoms with Crippen LogP contribution in [0.4, 0.5) is 5.69 Å². The van der Waals surface area contributed by atoms with Crippen LogP contribution in [0.5, 0.6) is 17.2 Å².